The number of rotatable bonds is 7. The van der Waals surface area contributed by atoms with Crippen molar-refractivity contribution in [3.8, 4) is 0 Å². The van der Waals surface area contributed by atoms with Gasteiger partial charge in [-0.2, -0.15) is 0 Å². The van der Waals surface area contributed by atoms with Gasteiger partial charge in [0.05, 0.1) is 12.1 Å². The van der Waals surface area contributed by atoms with Gasteiger partial charge in [-0.1, -0.05) is 30.3 Å². The van der Waals surface area contributed by atoms with E-state index >= 15 is 0 Å². The molecule has 0 spiro atoms. The van der Waals surface area contributed by atoms with Crippen molar-refractivity contribution in [1.82, 2.24) is 15.5 Å². The first-order valence-electron chi connectivity index (χ1n) is 9.30. The van der Waals surface area contributed by atoms with E-state index in [0.717, 1.165) is 6.42 Å². The molecule has 1 aliphatic rings. The quantitative estimate of drug-likeness (QED) is 0.754. The summed E-state index contributed by atoms with van der Waals surface area (Å²) in [6, 6.07) is 7.58. The van der Waals surface area contributed by atoms with Gasteiger partial charge in [0.2, 0.25) is 17.7 Å². The van der Waals surface area contributed by atoms with Crippen molar-refractivity contribution in [3.05, 3.63) is 35.9 Å². The Bertz CT molecular complexity index is 664. The van der Waals surface area contributed by atoms with Crippen LogP contribution < -0.4 is 10.6 Å². The van der Waals surface area contributed by atoms with E-state index in [-0.39, 0.29) is 29.9 Å². The van der Waals surface area contributed by atoms with Gasteiger partial charge >= 0.3 is 0 Å². The van der Waals surface area contributed by atoms with Gasteiger partial charge in [0, 0.05) is 20.6 Å². The Kier molecular flexibility index (Phi) is 7.36. The van der Waals surface area contributed by atoms with Crippen LogP contribution in [-0.4, -0.2) is 54.5 Å². The molecule has 1 aliphatic heterocycles. The fourth-order valence-corrected chi connectivity index (χ4v) is 3.25. The lowest BCUT2D eigenvalue weighted by Crippen LogP contribution is -2.52. The van der Waals surface area contributed by atoms with Gasteiger partial charge in [-0.25, -0.2) is 0 Å². The highest BCUT2D eigenvalue weighted by molar-refractivity contribution is 5.93. The highest BCUT2D eigenvalue weighted by Gasteiger charge is 2.38. The number of nitrogens with one attached hydrogen (secondary N) is 2. The number of benzene rings is 1. The zero-order valence-corrected chi connectivity index (χ0v) is 16.4. The van der Waals surface area contributed by atoms with E-state index in [1.165, 1.54) is 6.92 Å². The number of hydrogen-bond donors (Lipinski definition) is 2. The summed E-state index contributed by atoms with van der Waals surface area (Å²) in [5.74, 6) is -0.742. The summed E-state index contributed by atoms with van der Waals surface area (Å²) in [5, 5.41) is 5.65. The van der Waals surface area contributed by atoms with Crippen LogP contribution in [0.25, 0.3) is 0 Å². The van der Waals surface area contributed by atoms with Gasteiger partial charge < -0.3 is 20.3 Å². The normalized spacial score (nSPS) is 19.9. The molecule has 0 bridgehead atoms. The topological polar surface area (TPSA) is 87.7 Å². The Labute approximate surface area is 160 Å². The first kappa shape index (κ1) is 20.9. The zero-order valence-electron chi connectivity index (χ0n) is 16.4. The summed E-state index contributed by atoms with van der Waals surface area (Å²) in [6.07, 6.45) is 1.23. The molecule has 7 heteroatoms. The zero-order chi connectivity index (χ0) is 20.0. The molecule has 1 aromatic rings. The second-order valence-electron chi connectivity index (χ2n) is 6.97. The summed E-state index contributed by atoms with van der Waals surface area (Å²) in [5.41, 5.74) is 0.699. The molecule has 27 heavy (non-hydrogen) atoms. The molecule has 0 aromatic heterocycles. The van der Waals surface area contributed by atoms with Gasteiger partial charge in [-0.15, -0.1) is 0 Å². The maximum Gasteiger partial charge on any atom is 0.250 e. The van der Waals surface area contributed by atoms with Gasteiger partial charge in [0.25, 0.3) is 0 Å². The van der Waals surface area contributed by atoms with Crippen LogP contribution in [0.3, 0.4) is 0 Å². The van der Waals surface area contributed by atoms with Crippen LogP contribution >= 0.6 is 0 Å². The van der Waals surface area contributed by atoms with Crippen LogP contribution in [-0.2, 0) is 19.1 Å². The van der Waals surface area contributed by atoms with Crippen molar-refractivity contribution >= 4 is 17.7 Å². The monoisotopic (exact) mass is 375 g/mol. The van der Waals surface area contributed by atoms with Crippen LogP contribution in [0.4, 0.5) is 0 Å². The van der Waals surface area contributed by atoms with Crippen LogP contribution in [0.1, 0.15) is 45.2 Å². The Balaban J connectivity index is 2.16. The lowest BCUT2D eigenvalue weighted by molar-refractivity contribution is -0.141. The summed E-state index contributed by atoms with van der Waals surface area (Å²) >= 11 is 0. The molecule has 1 heterocycles. The third-order valence-electron chi connectivity index (χ3n) is 5.01. The lowest BCUT2D eigenvalue weighted by Gasteiger charge is -2.30. The van der Waals surface area contributed by atoms with E-state index in [4.69, 9.17) is 4.74 Å². The van der Waals surface area contributed by atoms with Crippen molar-refractivity contribution in [2.24, 2.45) is 0 Å². The summed E-state index contributed by atoms with van der Waals surface area (Å²) in [7, 11) is 1.59. The molecule has 0 saturated carbocycles. The van der Waals surface area contributed by atoms with E-state index in [9.17, 15) is 14.4 Å². The van der Waals surface area contributed by atoms with Crippen molar-refractivity contribution in [3.63, 3.8) is 0 Å². The van der Waals surface area contributed by atoms with Crippen molar-refractivity contribution in [2.75, 3.05) is 13.7 Å². The maximum absolute atomic E-state index is 13.2. The molecule has 0 radical (unpaired) electrons. The fourth-order valence-electron chi connectivity index (χ4n) is 3.25. The molecule has 2 rings (SSSR count). The Morgan fingerprint density at radius 1 is 1.15 bits per heavy atom. The van der Waals surface area contributed by atoms with Crippen LogP contribution in [0.2, 0.25) is 0 Å². The molecule has 0 aliphatic carbocycles. The average molecular weight is 375 g/mol. The highest BCUT2D eigenvalue weighted by Crippen LogP contribution is 2.24. The molecule has 148 valence electrons. The van der Waals surface area contributed by atoms with E-state index in [1.807, 2.05) is 32.0 Å². The van der Waals surface area contributed by atoms with E-state index in [2.05, 4.69) is 10.6 Å². The summed E-state index contributed by atoms with van der Waals surface area (Å²) in [4.78, 5) is 39.1. The third-order valence-corrected chi connectivity index (χ3v) is 5.01. The number of carbonyl (C=O) groups excluding carboxylic acids is 3. The number of likely N-dealkylation sites (tertiary alicyclic amines) is 1. The standard InChI is InChI=1S/C20H29N3O4/c1-13(14(2)27-4)21-19(25)17-11-8-12-23(17)20(26)18(22-15(3)24)16-9-6-5-7-10-16/h5-7,9-10,13-14,17-18H,8,11-12H2,1-4H3,(H,21,25)(H,22,24)/t13-,14-,17?,18?/m1/s1. The van der Waals surface area contributed by atoms with Gasteiger partial charge in [0.1, 0.15) is 12.1 Å². The Hall–Kier alpha value is -2.41. The molecule has 2 N–H and O–H groups in total. The van der Waals surface area contributed by atoms with E-state index < -0.39 is 12.1 Å². The number of hydrogen-bond acceptors (Lipinski definition) is 4. The van der Waals surface area contributed by atoms with Crippen LogP contribution in [0.5, 0.6) is 0 Å². The number of carbonyl (C=O) groups is 3. The molecule has 1 fully saturated rings. The molecule has 1 saturated heterocycles. The first-order valence-corrected chi connectivity index (χ1v) is 9.30. The molecule has 7 nitrogen and oxygen atoms in total. The molecule has 1 aromatic carbocycles. The Morgan fingerprint density at radius 2 is 1.81 bits per heavy atom. The smallest absolute Gasteiger partial charge is 0.250 e. The largest absolute Gasteiger partial charge is 0.380 e. The minimum Gasteiger partial charge on any atom is -0.380 e. The fraction of sp³-hybridized carbons (Fsp3) is 0.550. The van der Waals surface area contributed by atoms with Gasteiger partial charge in [-0.05, 0) is 32.3 Å². The second kappa shape index (κ2) is 9.50. The summed E-state index contributed by atoms with van der Waals surface area (Å²) < 4.78 is 5.25. The summed E-state index contributed by atoms with van der Waals surface area (Å²) in [6.45, 7) is 5.63. The average Bonchev–Trinajstić information content (AvgIpc) is 3.15. The van der Waals surface area contributed by atoms with Crippen molar-refractivity contribution in [2.45, 2.75) is 57.8 Å². The number of methoxy groups -OCH3 is 1. The molecule has 2 unspecified atom stereocenters. The highest BCUT2D eigenvalue weighted by atomic mass is 16.5. The molecular weight excluding hydrogens is 346 g/mol. The van der Waals surface area contributed by atoms with E-state index in [1.54, 1.807) is 24.1 Å². The van der Waals surface area contributed by atoms with Crippen LogP contribution in [0.15, 0.2) is 30.3 Å². The third kappa shape index (κ3) is 5.29. The van der Waals surface area contributed by atoms with Gasteiger partial charge in [-0.3, -0.25) is 14.4 Å². The lowest BCUT2D eigenvalue weighted by atomic mass is 10.0. The molecule has 4 atom stereocenters. The Morgan fingerprint density at radius 3 is 2.41 bits per heavy atom. The second-order valence-corrected chi connectivity index (χ2v) is 6.97. The van der Waals surface area contributed by atoms with Crippen LogP contribution in [0, 0.1) is 0 Å². The number of nitrogens with zero attached hydrogens (tertiary/aromatic N) is 1. The minimum atomic E-state index is -0.799. The molecular formula is C20H29N3O4. The predicted octanol–water partition coefficient (Wildman–Crippen LogP) is 1.39. The van der Waals surface area contributed by atoms with E-state index in [0.29, 0.717) is 18.5 Å². The number of ether oxygens (including phenoxy) is 1. The SMILES string of the molecule is CO[C@H](C)[C@@H](C)NC(=O)C1CCCN1C(=O)C(NC(C)=O)c1ccccc1. The number of amides is 3. The van der Waals surface area contributed by atoms with Gasteiger partial charge in [0.15, 0.2) is 0 Å². The molecule has 3 amide bonds. The van der Waals surface area contributed by atoms with Crippen molar-refractivity contribution in [1.29, 1.82) is 0 Å². The first-order chi connectivity index (χ1) is 12.8. The predicted molar refractivity (Wildman–Crippen MR) is 102 cm³/mol. The van der Waals surface area contributed by atoms with Crippen molar-refractivity contribution < 1.29 is 19.1 Å². The maximum atomic E-state index is 13.2. The minimum absolute atomic E-state index is 0.129.